The van der Waals surface area contributed by atoms with E-state index in [4.69, 9.17) is 9.88 Å². The second-order valence-corrected chi connectivity index (χ2v) is 12.1. The summed E-state index contributed by atoms with van der Waals surface area (Å²) in [6.07, 6.45) is 3.77. The molecule has 12 heteroatoms. The minimum Gasteiger partial charge on any atom is -0.444 e. The predicted octanol–water partition coefficient (Wildman–Crippen LogP) is 3.15. The maximum Gasteiger partial charge on any atom is 0.410 e. The van der Waals surface area contributed by atoms with E-state index in [1.807, 2.05) is 25.7 Å². The van der Waals surface area contributed by atoms with Crippen LogP contribution in [0.5, 0.6) is 0 Å². The molecule has 11 nitrogen and oxygen atoms in total. The largest absolute Gasteiger partial charge is 0.444 e. The van der Waals surface area contributed by atoms with Crippen molar-refractivity contribution in [3.8, 4) is 0 Å². The fraction of sp³-hybridized carbons (Fsp3) is 0.696. The molecule has 0 spiro atoms. The molecule has 1 saturated heterocycles. The number of benzene rings is 1. The van der Waals surface area contributed by atoms with Crippen LogP contribution >= 0.6 is 0 Å². The summed E-state index contributed by atoms with van der Waals surface area (Å²) in [6.45, 7) is 10.5. The highest BCUT2D eigenvalue weighted by Gasteiger charge is 2.34. The number of sulfonamides is 1. The van der Waals surface area contributed by atoms with Gasteiger partial charge in [-0.1, -0.05) is 0 Å². The highest BCUT2D eigenvalue weighted by molar-refractivity contribution is 7.89. The van der Waals surface area contributed by atoms with Gasteiger partial charge >= 0.3 is 6.09 Å². The zero-order valence-corrected chi connectivity index (χ0v) is 21.7. The van der Waals surface area contributed by atoms with Crippen LogP contribution < -0.4 is 10.5 Å². The van der Waals surface area contributed by atoms with Crippen LogP contribution in [0.15, 0.2) is 23.1 Å². The number of hydrogen-bond donors (Lipinski definition) is 2. The van der Waals surface area contributed by atoms with E-state index in [0.29, 0.717) is 25.0 Å². The Kier molecular flexibility index (Phi) is 8.28. The first-order chi connectivity index (χ1) is 16.2. The van der Waals surface area contributed by atoms with Crippen molar-refractivity contribution >= 4 is 27.5 Å². The summed E-state index contributed by atoms with van der Waals surface area (Å²) in [5, 5.41) is 19.7. The molecule has 196 valence electrons. The van der Waals surface area contributed by atoms with Crippen LogP contribution in [0, 0.1) is 16.0 Å². The Hall–Kier alpha value is -2.44. The summed E-state index contributed by atoms with van der Waals surface area (Å²) < 4.78 is 28.6. The number of amides is 1. The van der Waals surface area contributed by atoms with Gasteiger partial charge in [0.2, 0.25) is 10.0 Å². The second-order valence-electron chi connectivity index (χ2n) is 10.6. The number of anilines is 1. The Labute approximate surface area is 207 Å². The zero-order chi connectivity index (χ0) is 26.0. The number of piperazine rings is 1. The topological polar surface area (TPSA) is 148 Å². The molecule has 1 saturated carbocycles. The minimum atomic E-state index is -4.01. The van der Waals surface area contributed by atoms with Crippen molar-refractivity contribution < 1.29 is 22.9 Å². The third kappa shape index (κ3) is 7.28. The second kappa shape index (κ2) is 10.7. The molecule has 1 atom stereocenters. The van der Waals surface area contributed by atoms with Crippen LogP contribution in [0.4, 0.5) is 16.2 Å². The standard InChI is InChI=1S/C23H37N5O6S/c1-16-15-26(11-12-27(16)22(29)34-23(2,3)4)18-7-5-17(6-8-18)14-25-20-10-9-19(35(24,32)33)13-21(20)28(30)31/h9-10,13,16-18,25H,5-8,11-12,14-15H2,1-4H3,(H2,24,32,33)/t16-,17-,18+/m1/s1. The molecule has 0 radical (unpaired) electrons. The molecule has 2 aliphatic rings. The van der Waals surface area contributed by atoms with E-state index in [1.54, 1.807) is 0 Å². The fourth-order valence-electron chi connectivity index (χ4n) is 4.87. The molecule has 35 heavy (non-hydrogen) atoms. The van der Waals surface area contributed by atoms with Crippen LogP contribution in [0.1, 0.15) is 53.4 Å². The summed E-state index contributed by atoms with van der Waals surface area (Å²) in [7, 11) is -4.01. The van der Waals surface area contributed by atoms with Crippen LogP contribution in [0.3, 0.4) is 0 Å². The van der Waals surface area contributed by atoms with Crippen molar-refractivity contribution in [2.45, 2.75) is 76.0 Å². The molecular formula is C23H37N5O6S. The van der Waals surface area contributed by atoms with Crippen molar-refractivity contribution in [3.05, 3.63) is 28.3 Å². The lowest BCUT2D eigenvalue weighted by Crippen LogP contribution is -2.57. The van der Waals surface area contributed by atoms with Crippen LogP contribution in [0.2, 0.25) is 0 Å². The Balaban J connectivity index is 1.50. The van der Waals surface area contributed by atoms with Gasteiger partial charge < -0.3 is 15.0 Å². The lowest BCUT2D eigenvalue weighted by Gasteiger charge is -2.45. The molecule has 3 N–H and O–H groups in total. The van der Waals surface area contributed by atoms with Gasteiger partial charge in [0.1, 0.15) is 11.3 Å². The molecule has 1 aromatic rings. The van der Waals surface area contributed by atoms with Crippen molar-refractivity contribution in [1.29, 1.82) is 0 Å². The van der Waals surface area contributed by atoms with Gasteiger partial charge in [0, 0.05) is 44.3 Å². The first-order valence-electron chi connectivity index (χ1n) is 12.0. The predicted molar refractivity (Wildman–Crippen MR) is 133 cm³/mol. The number of carbonyl (C=O) groups excluding carboxylic acids is 1. The number of nitrogens with zero attached hydrogens (tertiary/aromatic N) is 3. The van der Waals surface area contributed by atoms with E-state index in [1.165, 1.54) is 12.1 Å². The maximum atomic E-state index is 12.5. The van der Waals surface area contributed by atoms with Crippen LogP contribution in [-0.2, 0) is 14.8 Å². The summed E-state index contributed by atoms with van der Waals surface area (Å²) in [4.78, 5) is 27.3. The molecule has 0 aromatic heterocycles. The van der Waals surface area contributed by atoms with Gasteiger partial charge in [-0.05, 0) is 71.4 Å². The molecule has 1 aliphatic carbocycles. The van der Waals surface area contributed by atoms with E-state index in [-0.39, 0.29) is 28.4 Å². The van der Waals surface area contributed by atoms with E-state index < -0.39 is 20.5 Å². The number of nitrogens with two attached hydrogens (primary N) is 1. The number of nitrogens with one attached hydrogen (secondary N) is 1. The van der Waals surface area contributed by atoms with Crippen molar-refractivity contribution in [2.75, 3.05) is 31.5 Å². The summed E-state index contributed by atoms with van der Waals surface area (Å²) in [5.41, 5.74) is -0.524. The van der Waals surface area contributed by atoms with Crippen LogP contribution in [-0.4, -0.2) is 73.1 Å². The van der Waals surface area contributed by atoms with Crippen molar-refractivity contribution in [2.24, 2.45) is 11.1 Å². The number of nitro benzene ring substituents is 1. The number of ether oxygens (including phenoxy) is 1. The van der Waals surface area contributed by atoms with Gasteiger partial charge in [0.25, 0.3) is 5.69 Å². The summed E-state index contributed by atoms with van der Waals surface area (Å²) in [5.74, 6) is 0.365. The first-order valence-corrected chi connectivity index (χ1v) is 13.6. The SMILES string of the molecule is C[C@@H]1CN([C@H]2CC[C@@H](CNc3ccc(S(N)(=O)=O)cc3[N+](=O)[O-])CC2)CCN1C(=O)OC(C)(C)C. The molecular weight excluding hydrogens is 474 g/mol. The molecule has 2 fully saturated rings. The quantitative estimate of drug-likeness (QED) is 0.437. The van der Waals surface area contributed by atoms with Gasteiger partial charge in [-0.2, -0.15) is 0 Å². The highest BCUT2D eigenvalue weighted by Crippen LogP contribution is 2.32. The fourth-order valence-corrected chi connectivity index (χ4v) is 5.40. The normalized spacial score (nSPS) is 24.1. The molecule has 1 aliphatic heterocycles. The average molecular weight is 512 g/mol. The summed E-state index contributed by atoms with van der Waals surface area (Å²) >= 11 is 0. The lowest BCUT2D eigenvalue weighted by atomic mass is 9.84. The van der Waals surface area contributed by atoms with Crippen molar-refractivity contribution in [1.82, 2.24) is 9.80 Å². The molecule has 0 unspecified atom stereocenters. The van der Waals surface area contributed by atoms with E-state index in [2.05, 4.69) is 17.1 Å². The highest BCUT2D eigenvalue weighted by atomic mass is 32.2. The Morgan fingerprint density at radius 3 is 2.43 bits per heavy atom. The maximum absolute atomic E-state index is 12.5. The van der Waals surface area contributed by atoms with Gasteiger partial charge in [0.05, 0.1) is 9.82 Å². The first kappa shape index (κ1) is 27.2. The van der Waals surface area contributed by atoms with Crippen LogP contribution in [0.25, 0.3) is 0 Å². The van der Waals surface area contributed by atoms with Crippen molar-refractivity contribution in [3.63, 3.8) is 0 Å². The molecule has 1 aromatic carbocycles. The van der Waals surface area contributed by atoms with E-state index in [0.717, 1.165) is 44.8 Å². The average Bonchev–Trinajstić information content (AvgIpc) is 2.76. The number of rotatable bonds is 6. The minimum absolute atomic E-state index is 0.0823. The molecule has 3 rings (SSSR count). The Bertz CT molecular complexity index is 1030. The third-order valence-electron chi connectivity index (χ3n) is 6.70. The van der Waals surface area contributed by atoms with Gasteiger partial charge in [0.15, 0.2) is 0 Å². The number of nitro groups is 1. The van der Waals surface area contributed by atoms with Gasteiger partial charge in [-0.15, -0.1) is 0 Å². The number of carbonyl (C=O) groups is 1. The number of hydrogen-bond acceptors (Lipinski definition) is 8. The van der Waals surface area contributed by atoms with E-state index >= 15 is 0 Å². The van der Waals surface area contributed by atoms with Gasteiger partial charge in [-0.25, -0.2) is 18.4 Å². The molecule has 1 amide bonds. The monoisotopic (exact) mass is 511 g/mol. The molecule has 0 bridgehead atoms. The Morgan fingerprint density at radius 1 is 1.23 bits per heavy atom. The lowest BCUT2D eigenvalue weighted by molar-refractivity contribution is -0.384. The number of primary sulfonamides is 1. The zero-order valence-electron chi connectivity index (χ0n) is 20.9. The smallest absolute Gasteiger partial charge is 0.410 e. The Morgan fingerprint density at radius 2 is 1.89 bits per heavy atom. The molecule has 1 heterocycles. The van der Waals surface area contributed by atoms with Gasteiger partial charge in [-0.3, -0.25) is 15.0 Å². The van der Waals surface area contributed by atoms with E-state index in [9.17, 15) is 23.3 Å². The summed E-state index contributed by atoms with van der Waals surface area (Å²) in [6, 6.07) is 4.21. The third-order valence-corrected chi connectivity index (χ3v) is 7.61.